The molecule has 0 bridgehead atoms. The average Bonchev–Trinajstić information content (AvgIpc) is 2.97. The van der Waals surface area contributed by atoms with Gasteiger partial charge in [-0.2, -0.15) is 0 Å². The quantitative estimate of drug-likeness (QED) is 0.840. The van der Waals surface area contributed by atoms with Crippen molar-refractivity contribution < 1.29 is 17.2 Å². The summed E-state index contributed by atoms with van der Waals surface area (Å²) in [7, 11) is -3.45. The molecule has 8 heteroatoms. The first kappa shape index (κ1) is 16.6. The van der Waals surface area contributed by atoms with Gasteiger partial charge in [0.05, 0.1) is 11.2 Å². The third-order valence-corrected chi connectivity index (χ3v) is 6.84. The maximum absolute atomic E-state index is 14.7. The van der Waals surface area contributed by atoms with Crippen LogP contribution < -0.4 is 4.90 Å². The lowest BCUT2D eigenvalue weighted by Crippen LogP contribution is -2.58. The number of rotatable bonds is 3. The molecule has 2 aliphatic rings. The van der Waals surface area contributed by atoms with Gasteiger partial charge in [-0.25, -0.2) is 26.5 Å². The van der Waals surface area contributed by atoms with Gasteiger partial charge in [-0.15, -0.1) is 0 Å². The molecule has 1 atom stereocenters. The number of aromatic nitrogens is 1. The van der Waals surface area contributed by atoms with Gasteiger partial charge in [-0.3, -0.25) is 0 Å². The van der Waals surface area contributed by atoms with Crippen LogP contribution in [0.4, 0.5) is 14.6 Å². The summed E-state index contributed by atoms with van der Waals surface area (Å²) in [6, 6.07) is 5.39. The number of piperidine rings is 1. The average molecular weight is 345 g/mol. The topological polar surface area (TPSA) is 53.5 Å². The maximum atomic E-state index is 14.7. The van der Waals surface area contributed by atoms with E-state index in [9.17, 15) is 17.2 Å². The highest BCUT2D eigenvalue weighted by Crippen LogP contribution is 2.50. The molecule has 2 fully saturated rings. The van der Waals surface area contributed by atoms with Crippen molar-refractivity contribution in [3.8, 4) is 0 Å². The van der Waals surface area contributed by atoms with Crippen LogP contribution in [0.2, 0.25) is 0 Å². The summed E-state index contributed by atoms with van der Waals surface area (Å²) in [6.07, 6.45) is 1.49. The molecule has 3 rings (SSSR count). The van der Waals surface area contributed by atoms with Crippen LogP contribution >= 0.6 is 0 Å². The lowest BCUT2D eigenvalue weighted by molar-refractivity contribution is -0.145. The molecule has 2 aliphatic heterocycles. The minimum Gasteiger partial charge on any atom is -0.356 e. The molecule has 0 radical (unpaired) electrons. The molecule has 1 spiro atoms. The number of pyridine rings is 1. The molecule has 1 aromatic heterocycles. The second kappa shape index (κ2) is 5.66. The molecule has 0 N–H and O–H groups in total. The van der Waals surface area contributed by atoms with Crippen molar-refractivity contribution in [1.29, 1.82) is 0 Å². The van der Waals surface area contributed by atoms with Gasteiger partial charge in [0.1, 0.15) is 5.82 Å². The molecule has 128 valence electrons. The van der Waals surface area contributed by atoms with Gasteiger partial charge in [0.25, 0.3) is 5.92 Å². The van der Waals surface area contributed by atoms with Crippen molar-refractivity contribution in [2.45, 2.75) is 25.7 Å². The molecule has 0 unspecified atom stereocenters. The van der Waals surface area contributed by atoms with Crippen LogP contribution in [0.5, 0.6) is 0 Å². The van der Waals surface area contributed by atoms with Gasteiger partial charge in [-0.1, -0.05) is 6.07 Å². The summed E-state index contributed by atoms with van der Waals surface area (Å²) >= 11 is 0. The zero-order chi connectivity index (χ0) is 16.7. The summed E-state index contributed by atoms with van der Waals surface area (Å²) in [5.41, 5.74) is -1.33. The first-order valence-corrected chi connectivity index (χ1v) is 9.42. The fraction of sp³-hybridized carbons (Fsp3) is 0.667. The molecule has 3 heterocycles. The third-order valence-electron chi connectivity index (χ3n) is 5.02. The second-order valence-electron chi connectivity index (χ2n) is 6.33. The highest BCUT2D eigenvalue weighted by molar-refractivity contribution is 7.89. The Morgan fingerprint density at radius 1 is 1.22 bits per heavy atom. The fourth-order valence-corrected chi connectivity index (χ4v) is 4.70. The van der Waals surface area contributed by atoms with E-state index in [1.807, 2.05) is 11.0 Å². The van der Waals surface area contributed by atoms with E-state index in [-0.39, 0.29) is 31.8 Å². The van der Waals surface area contributed by atoms with E-state index in [4.69, 9.17) is 0 Å². The van der Waals surface area contributed by atoms with E-state index < -0.39 is 27.8 Å². The first-order chi connectivity index (χ1) is 10.8. The Balaban J connectivity index is 1.86. The zero-order valence-corrected chi connectivity index (χ0v) is 13.9. The number of nitrogens with zero attached hydrogens (tertiary/aromatic N) is 3. The molecule has 0 aliphatic carbocycles. The highest BCUT2D eigenvalue weighted by Gasteiger charge is 2.60. The normalized spacial score (nSPS) is 28.4. The molecule has 0 saturated carbocycles. The standard InChI is InChI=1S/C15H21F2N3O2S/c1-2-23(21,22)20-10-7-15(16,17)14(12-20)6-9-19(11-14)13-5-3-4-8-18-13/h3-5,8H,2,6-7,9-12H2,1H3/t14-/m1/s1. The van der Waals surface area contributed by atoms with Crippen molar-refractivity contribution in [1.82, 2.24) is 9.29 Å². The molecular weight excluding hydrogens is 324 g/mol. The monoisotopic (exact) mass is 345 g/mol. The van der Waals surface area contributed by atoms with Gasteiger partial charge in [0.2, 0.25) is 10.0 Å². The van der Waals surface area contributed by atoms with Gasteiger partial charge >= 0.3 is 0 Å². The fourth-order valence-electron chi connectivity index (χ4n) is 3.52. The predicted molar refractivity (Wildman–Crippen MR) is 84.1 cm³/mol. The van der Waals surface area contributed by atoms with Crippen LogP contribution in [0.25, 0.3) is 0 Å². The predicted octanol–water partition coefficient (Wildman–Crippen LogP) is 1.97. The van der Waals surface area contributed by atoms with E-state index in [2.05, 4.69) is 4.98 Å². The van der Waals surface area contributed by atoms with E-state index in [0.717, 1.165) is 0 Å². The van der Waals surface area contributed by atoms with Crippen molar-refractivity contribution in [2.75, 3.05) is 36.8 Å². The van der Waals surface area contributed by atoms with E-state index >= 15 is 0 Å². The minimum atomic E-state index is -3.45. The molecule has 5 nitrogen and oxygen atoms in total. The molecule has 1 aromatic rings. The van der Waals surface area contributed by atoms with Crippen LogP contribution in [0.1, 0.15) is 19.8 Å². The Kier molecular flexibility index (Phi) is 4.08. The Bertz CT molecular complexity index is 669. The number of halogens is 2. The van der Waals surface area contributed by atoms with E-state index in [1.165, 1.54) is 4.31 Å². The van der Waals surface area contributed by atoms with Gasteiger partial charge in [-0.05, 0) is 25.5 Å². The summed E-state index contributed by atoms with van der Waals surface area (Å²) < 4.78 is 54.8. The third kappa shape index (κ3) is 2.82. The number of hydrogen-bond donors (Lipinski definition) is 0. The lowest BCUT2D eigenvalue weighted by atomic mass is 9.76. The number of sulfonamides is 1. The number of anilines is 1. The van der Waals surface area contributed by atoms with Crippen LogP contribution in [0, 0.1) is 5.41 Å². The van der Waals surface area contributed by atoms with Gasteiger partial charge in [0, 0.05) is 38.8 Å². The molecule has 2 saturated heterocycles. The first-order valence-electron chi connectivity index (χ1n) is 7.81. The molecule has 0 aromatic carbocycles. The van der Waals surface area contributed by atoms with Gasteiger partial charge < -0.3 is 4.90 Å². The van der Waals surface area contributed by atoms with Crippen molar-refractivity contribution in [3.05, 3.63) is 24.4 Å². The SMILES string of the molecule is CCS(=O)(=O)N1CCC(F)(F)[C@@]2(CCN(c3ccccn3)C2)C1. The largest absolute Gasteiger partial charge is 0.356 e. The highest BCUT2D eigenvalue weighted by atomic mass is 32.2. The van der Waals surface area contributed by atoms with Crippen molar-refractivity contribution in [2.24, 2.45) is 5.41 Å². The molecular formula is C15H21F2N3O2S. The lowest BCUT2D eigenvalue weighted by Gasteiger charge is -2.45. The number of alkyl halides is 2. The minimum absolute atomic E-state index is 0.0569. The Morgan fingerprint density at radius 2 is 2.00 bits per heavy atom. The zero-order valence-electron chi connectivity index (χ0n) is 13.1. The van der Waals surface area contributed by atoms with Crippen LogP contribution in [0.3, 0.4) is 0 Å². The van der Waals surface area contributed by atoms with Crippen LogP contribution in [0.15, 0.2) is 24.4 Å². The number of hydrogen-bond acceptors (Lipinski definition) is 4. The summed E-state index contributed by atoms with van der Waals surface area (Å²) in [6.45, 7) is 1.93. The van der Waals surface area contributed by atoms with Crippen LogP contribution in [-0.2, 0) is 10.0 Å². The van der Waals surface area contributed by atoms with E-state index in [1.54, 1.807) is 25.3 Å². The Labute approximate surface area is 135 Å². The summed E-state index contributed by atoms with van der Waals surface area (Å²) in [5, 5.41) is 0. The van der Waals surface area contributed by atoms with E-state index in [0.29, 0.717) is 12.4 Å². The van der Waals surface area contributed by atoms with Crippen molar-refractivity contribution >= 4 is 15.8 Å². The summed E-state index contributed by atoms with van der Waals surface area (Å²) in [4.78, 5) is 6.05. The smallest absolute Gasteiger partial charge is 0.257 e. The Morgan fingerprint density at radius 3 is 2.65 bits per heavy atom. The van der Waals surface area contributed by atoms with Gasteiger partial charge in [0.15, 0.2) is 0 Å². The summed E-state index contributed by atoms with van der Waals surface area (Å²) in [5.74, 6) is -2.26. The second-order valence-corrected chi connectivity index (χ2v) is 8.59. The van der Waals surface area contributed by atoms with Crippen LogP contribution in [-0.4, -0.2) is 55.6 Å². The molecule has 23 heavy (non-hydrogen) atoms. The van der Waals surface area contributed by atoms with Crippen molar-refractivity contribution in [3.63, 3.8) is 0 Å². The Hall–Kier alpha value is -1.28. The molecule has 0 amide bonds. The maximum Gasteiger partial charge on any atom is 0.257 e.